The standard InChI is InChI=1S/C49H62/c1-4-16-32(17-5-1)36(30-31-41-39-26-12-10-24-37(39)38-25-11-13-27-40(38)41)47-45(34-18-6-2-7-19-34)48-42-28-14-22-33-23-15-29-43(44(33)42)49(48)46(47)35-20-8-3-9-21-35/h1-9,16-21,33,36-49H,10-15,22-31H2. The summed E-state index contributed by atoms with van der Waals surface area (Å²) in [6, 6.07) is 36.5. The molecule has 0 saturated heterocycles. The molecule has 3 aromatic rings. The lowest BCUT2D eigenvalue weighted by molar-refractivity contribution is 0.0640. The third-order valence-electron chi connectivity index (χ3n) is 17.1. The van der Waals surface area contributed by atoms with Crippen LogP contribution in [0, 0.1) is 71.0 Å². The van der Waals surface area contributed by atoms with Crippen molar-refractivity contribution < 1.29 is 0 Å². The molecule has 0 nitrogen and oxygen atoms in total. The Bertz CT molecular complexity index is 1440. The van der Waals surface area contributed by atoms with Crippen molar-refractivity contribution in [3.8, 4) is 0 Å². The first kappa shape index (κ1) is 31.4. The fourth-order valence-corrected chi connectivity index (χ4v) is 16.0. The summed E-state index contributed by atoms with van der Waals surface area (Å²) < 4.78 is 0. The van der Waals surface area contributed by atoms with E-state index in [9.17, 15) is 0 Å². The zero-order chi connectivity index (χ0) is 32.3. The fraction of sp³-hybridized carbons (Fsp3) is 0.633. The van der Waals surface area contributed by atoms with Gasteiger partial charge in [-0.1, -0.05) is 142 Å². The maximum atomic E-state index is 2.57. The van der Waals surface area contributed by atoms with Crippen LogP contribution in [0.2, 0.25) is 0 Å². The molecule has 258 valence electrons. The predicted molar refractivity (Wildman–Crippen MR) is 203 cm³/mol. The van der Waals surface area contributed by atoms with Crippen molar-refractivity contribution in [2.75, 3.05) is 0 Å². The SMILES string of the molecule is c1ccc(C(CCC2C3CCCCC3C3CCCCC32)C2C(c3ccccc3)C3C4CCCC5CCCC(C54)C3C2c2ccccc2)cc1. The third kappa shape index (κ3) is 5.26. The summed E-state index contributed by atoms with van der Waals surface area (Å²) in [4.78, 5) is 0. The summed E-state index contributed by atoms with van der Waals surface area (Å²) in [5.74, 6) is 13.4. The van der Waals surface area contributed by atoms with Crippen LogP contribution >= 0.6 is 0 Å². The van der Waals surface area contributed by atoms with Crippen LogP contribution in [0.3, 0.4) is 0 Å². The lowest BCUT2D eigenvalue weighted by atomic mass is 9.59. The van der Waals surface area contributed by atoms with Gasteiger partial charge in [0, 0.05) is 0 Å². The van der Waals surface area contributed by atoms with Crippen LogP contribution in [0.5, 0.6) is 0 Å². The van der Waals surface area contributed by atoms with Crippen molar-refractivity contribution in [1.29, 1.82) is 0 Å². The van der Waals surface area contributed by atoms with Gasteiger partial charge in [-0.3, -0.25) is 0 Å². The van der Waals surface area contributed by atoms with Gasteiger partial charge in [-0.2, -0.15) is 0 Å². The molecule has 7 saturated carbocycles. The number of hydrogen-bond acceptors (Lipinski definition) is 0. The second-order valence-electron chi connectivity index (χ2n) is 18.6. The Morgan fingerprint density at radius 1 is 0.429 bits per heavy atom. The molecule has 0 N–H and O–H groups in total. The molecule has 3 aromatic carbocycles. The molecule has 0 amide bonds. The van der Waals surface area contributed by atoms with Crippen molar-refractivity contribution in [2.45, 2.75) is 120 Å². The van der Waals surface area contributed by atoms with E-state index in [4.69, 9.17) is 0 Å². The summed E-state index contributed by atoms with van der Waals surface area (Å²) >= 11 is 0. The van der Waals surface area contributed by atoms with Crippen LogP contribution in [0.1, 0.15) is 137 Å². The molecule has 0 spiro atoms. The summed E-state index contributed by atoms with van der Waals surface area (Å²) in [5.41, 5.74) is 5.03. The van der Waals surface area contributed by atoms with E-state index >= 15 is 0 Å². The number of benzene rings is 3. The van der Waals surface area contributed by atoms with E-state index in [1.165, 1.54) is 89.9 Å². The molecule has 7 aliphatic rings. The molecule has 10 rings (SSSR count). The lowest BCUT2D eigenvalue weighted by Crippen LogP contribution is -2.37. The van der Waals surface area contributed by atoms with Gasteiger partial charge in [0.05, 0.1) is 0 Å². The van der Waals surface area contributed by atoms with Crippen LogP contribution in [-0.4, -0.2) is 0 Å². The van der Waals surface area contributed by atoms with Crippen molar-refractivity contribution in [2.24, 2.45) is 71.0 Å². The molecule has 0 heteroatoms. The smallest absolute Gasteiger partial charge is 0.00878 e. The van der Waals surface area contributed by atoms with Crippen LogP contribution < -0.4 is 0 Å². The van der Waals surface area contributed by atoms with Gasteiger partial charge >= 0.3 is 0 Å². The fourth-order valence-electron chi connectivity index (χ4n) is 16.0. The molecular weight excluding hydrogens is 589 g/mol. The van der Waals surface area contributed by atoms with E-state index in [1.807, 2.05) is 0 Å². The van der Waals surface area contributed by atoms with Gasteiger partial charge < -0.3 is 0 Å². The van der Waals surface area contributed by atoms with Gasteiger partial charge in [-0.25, -0.2) is 0 Å². The average molecular weight is 651 g/mol. The molecule has 7 fully saturated rings. The average Bonchev–Trinajstić information content (AvgIpc) is 3.80. The number of fused-ring (bicyclic) bond motifs is 6. The van der Waals surface area contributed by atoms with E-state index in [0.29, 0.717) is 23.7 Å². The Labute approximate surface area is 298 Å². The minimum atomic E-state index is 0.633. The van der Waals surface area contributed by atoms with Crippen molar-refractivity contribution in [3.05, 3.63) is 108 Å². The van der Waals surface area contributed by atoms with Gasteiger partial charge in [0.1, 0.15) is 0 Å². The first-order valence-electron chi connectivity index (χ1n) is 21.5. The monoisotopic (exact) mass is 650 g/mol. The molecule has 0 bridgehead atoms. The Hall–Kier alpha value is -2.34. The van der Waals surface area contributed by atoms with Crippen LogP contribution in [-0.2, 0) is 0 Å². The molecule has 7 aliphatic carbocycles. The second-order valence-corrected chi connectivity index (χ2v) is 18.6. The van der Waals surface area contributed by atoms with E-state index < -0.39 is 0 Å². The maximum absolute atomic E-state index is 2.57. The van der Waals surface area contributed by atoms with Gasteiger partial charge in [0.2, 0.25) is 0 Å². The Balaban J connectivity index is 1.09. The Morgan fingerprint density at radius 2 is 0.878 bits per heavy atom. The zero-order valence-electron chi connectivity index (χ0n) is 30.1. The van der Waals surface area contributed by atoms with Crippen molar-refractivity contribution >= 4 is 0 Å². The summed E-state index contributed by atoms with van der Waals surface area (Å²) in [7, 11) is 0. The summed E-state index contributed by atoms with van der Waals surface area (Å²) in [5, 5.41) is 0. The predicted octanol–water partition coefficient (Wildman–Crippen LogP) is 13.1. The molecule has 0 aromatic heterocycles. The highest BCUT2D eigenvalue weighted by molar-refractivity contribution is 5.37. The minimum absolute atomic E-state index is 0.633. The summed E-state index contributed by atoms with van der Waals surface area (Å²) in [6.07, 6.45) is 24.1. The van der Waals surface area contributed by atoms with E-state index in [2.05, 4.69) is 91.0 Å². The molecule has 49 heavy (non-hydrogen) atoms. The number of rotatable bonds is 7. The van der Waals surface area contributed by atoms with Crippen LogP contribution in [0.4, 0.5) is 0 Å². The van der Waals surface area contributed by atoms with Crippen LogP contribution in [0.25, 0.3) is 0 Å². The van der Waals surface area contributed by atoms with Crippen LogP contribution in [0.15, 0.2) is 91.0 Å². The lowest BCUT2D eigenvalue weighted by Gasteiger charge is -2.46. The van der Waals surface area contributed by atoms with Gasteiger partial charge in [-0.15, -0.1) is 0 Å². The molecular formula is C49H62. The van der Waals surface area contributed by atoms with Gasteiger partial charge in [0.25, 0.3) is 0 Å². The Morgan fingerprint density at radius 3 is 1.39 bits per heavy atom. The van der Waals surface area contributed by atoms with Gasteiger partial charge in [-0.05, 0) is 157 Å². The maximum Gasteiger partial charge on any atom is -0.00878 e. The first-order valence-corrected chi connectivity index (χ1v) is 21.5. The largest absolute Gasteiger partial charge is 0.0622 e. The highest BCUT2D eigenvalue weighted by atomic mass is 14.7. The minimum Gasteiger partial charge on any atom is -0.0622 e. The number of hydrogen-bond donors (Lipinski definition) is 0. The van der Waals surface area contributed by atoms with Gasteiger partial charge in [0.15, 0.2) is 0 Å². The molecule has 11 atom stereocenters. The second kappa shape index (κ2) is 13.3. The van der Waals surface area contributed by atoms with E-state index in [1.54, 1.807) is 29.5 Å². The quantitative estimate of drug-likeness (QED) is 0.239. The normalized spacial score (nSPS) is 42.9. The zero-order valence-corrected chi connectivity index (χ0v) is 30.1. The highest BCUT2D eigenvalue weighted by Gasteiger charge is 2.66. The Kier molecular flexibility index (Phi) is 8.54. The van der Waals surface area contributed by atoms with Crippen molar-refractivity contribution in [3.63, 3.8) is 0 Å². The van der Waals surface area contributed by atoms with Crippen molar-refractivity contribution in [1.82, 2.24) is 0 Å². The molecule has 0 radical (unpaired) electrons. The van der Waals surface area contributed by atoms with E-state index in [0.717, 1.165) is 65.1 Å². The topological polar surface area (TPSA) is 0 Å². The highest BCUT2D eigenvalue weighted by Crippen LogP contribution is 2.73. The molecule has 0 aliphatic heterocycles. The third-order valence-corrected chi connectivity index (χ3v) is 17.1. The summed E-state index contributed by atoms with van der Waals surface area (Å²) in [6.45, 7) is 0. The molecule has 0 heterocycles. The molecule has 11 unspecified atom stereocenters. The van der Waals surface area contributed by atoms with E-state index in [-0.39, 0.29) is 0 Å². The first-order chi connectivity index (χ1) is 24.4.